The Bertz CT molecular complexity index is 1430. The molecule has 1 aromatic heterocycles. The molecular formula is C29H27F3N2O4S. The van der Waals surface area contributed by atoms with Gasteiger partial charge in [-0.1, -0.05) is 30.3 Å². The third kappa shape index (κ3) is 5.90. The highest BCUT2D eigenvalue weighted by molar-refractivity contribution is 7.13. The smallest absolute Gasteiger partial charge is 0.416 e. The van der Waals surface area contributed by atoms with Crippen LogP contribution in [0.4, 0.5) is 13.2 Å². The second kappa shape index (κ2) is 11.4. The third-order valence-electron chi connectivity index (χ3n) is 6.21. The average Bonchev–Trinajstić information content (AvgIpc) is 3.39. The van der Waals surface area contributed by atoms with Crippen LogP contribution in [0.15, 0.2) is 76.5 Å². The molecule has 2 aromatic carbocycles. The fourth-order valence-electron chi connectivity index (χ4n) is 4.53. The van der Waals surface area contributed by atoms with Crippen LogP contribution in [0.3, 0.4) is 0 Å². The van der Waals surface area contributed by atoms with Crippen LogP contribution in [-0.2, 0) is 25.2 Å². The lowest BCUT2D eigenvalue weighted by Crippen LogP contribution is -2.32. The standard InChI is InChI=1S/C29H27F3N2O4S/c1-5-37-27(35)23-16(3)33-17(4)24(28(36)38-6-2)25(23)19-10-7-11-20(13-19)26-34-22(15-39-26)18-9-8-12-21(14-18)29(30,31)32/h7-15,25,33H,5-6H2,1-4H3. The number of aromatic nitrogens is 1. The molecule has 10 heteroatoms. The molecule has 2 heterocycles. The molecule has 0 spiro atoms. The van der Waals surface area contributed by atoms with Gasteiger partial charge in [0.2, 0.25) is 0 Å². The van der Waals surface area contributed by atoms with E-state index in [-0.39, 0.29) is 13.2 Å². The summed E-state index contributed by atoms with van der Waals surface area (Å²) in [5.74, 6) is -1.85. The van der Waals surface area contributed by atoms with E-state index in [1.165, 1.54) is 17.4 Å². The van der Waals surface area contributed by atoms with Crippen LogP contribution in [0, 0.1) is 0 Å². The summed E-state index contributed by atoms with van der Waals surface area (Å²) in [5, 5.41) is 5.39. The Labute approximate surface area is 228 Å². The number of hydrogen-bond acceptors (Lipinski definition) is 7. The van der Waals surface area contributed by atoms with Gasteiger partial charge in [-0.15, -0.1) is 11.3 Å². The molecule has 204 valence electrons. The number of esters is 2. The molecule has 6 nitrogen and oxygen atoms in total. The number of nitrogens with zero attached hydrogens (tertiary/aromatic N) is 1. The zero-order valence-electron chi connectivity index (χ0n) is 21.8. The van der Waals surface area contributed by atoms with Crippen molar-refractivity contribution in [3.8, 4) is 21.8 Å². The van der Waals surface area contributed by atoms with E-state index >= 15 is 0 Å². The molecule has 3 aromatic rings. The van der Waals surface area contributed by atoms with Gasteiger partial charge in [0, 0.05) is 27.9 Å². The van der Waals surface area contributed by atoms with Gasteiger partial charge in [0.15, 0.2) is 0 Å². The summed E-state index contributed by atoms with van der Waals surface area (Å²) in [6.45, 7) is 7.23. The predicted octanol–water partition coefficient (Wildman–Crippen LogP) is 6.86. The molecule has 4 rings (SSSR count). The number of benzene rings is 2. The number of nitrogens with one attached hydrogen (secondary N) is 1. The summed E-state index contributed by atoms with van der Waals surface area (Å²) < 4.78 is 50.3. The molecule has 39 heavy (non-hydrogen) atoms. The lowest BCUT2D eigenvalue weighted by molar-refractivity contribution is -0.140. The number of rotatable bonds is 7. The van der Waals surface area contributed by atoms with Crippen molar-refractivity contribution in [3.63, 3.8) is 0 Å². The molecule has 0 atom stereocenters. The Hall–Kier alpha value is -3.92. The van der Waals surface area contributed by atoms with Gasteiger partial charge in [0.1, 0.15) is 5.01 Å². The minimum Gasteiger partial charge on any atom is -0.463 e. The molecule has 1 aliphatic rings. The van der Waals surface area contributed by atoms with Crippen molar-refractivity contribution < 1.29 is 32.2 Å². The quantitative estimate of drug-likeness (QED) is 0.321. The lowest BCUT2D eigenvalue weighted by atomic mass is 9.80. The summed E-state index contributed by atoms with van der Waals surface area (Å²) in [4.78, 5) is 30.7. The van der Waals surface area contributed by atoms with Crippen molar-refractivity contribution in [1.29, 1.82) is 0 Å². The van der Waals surface area contributed by atoms with Gasteiger partial charge in [-0.3, -0.25) is 0 Å². The first-order chi connectivity index (χ1) is 18.5. The first-order valence-corrected chi connectivity index (χ1v) is 13.2. The number of carbonyl (C=O) groups excluding carboxylic acids is 2. The van der Waals surface area contributed by atoms with Crippen LogP contribution in [0.5, 0.6) is 0 Å². The van der Waals surface area contributed by atoms with E-state index in [9.17, 15) is 22.8 Å². The predicted molar refractivity (Wildman–Crippen MR) is 143 cm³/mol. The van der Waals surface area contributed by atoms with E-state index < -0.39 is 29.6 Å². The second-order valence-electron chi connectivity index (χ2n) is 8.82. The van der Waals surface area contributed by atoms with Crippen molar-refractivity contribution in [3.05, 3.63) is 87.6 Å². The number of alkyl halides is 3. The maximum absolute atomic E-state index is 13.2. The summed E-state index contributed by atoms with van der Waals surface area (Å²) >= 11 is 1.29. The first kappa shape index (κ1) is 28.1. The van der Waals surface area contributed by atoms with Gasteiger partial charge in [-0.25, -0.2) is 14.6 Å². The van der Waals surface area contributed by atoms with Crippen LogP contribution in [-0.4, -0.2) is 30.1 Å². The maximum atomic E-state index is 13.2. The molecule has 0 bridgehead atoms. The Kier molecular flexibility index (Phi) is 8.25. The Morgan fingerprint density at radius 1 is 0.923 bits per heavy atom. The molecule has 0 fully saturated rings. The van der Waals surface area contributed by atoms with E-state index in [0.717, 1.165) is 12.1 Å². The SMILES string of the molecule is CCOC(=O)C1=C(C)NC(C)=C(C(=O)OCC)C1c1cccc(-c2nc(-c3cccc(C(F)(F)F)c3)cs2)c1. The van der Waals surface area contributed by atoms with E-state index in [1.54, 1.807) is 51.3 Å². The fourth-order valence-corrected chi connectivity index (χ4v) is 5.36. The highest BCUT2D eigenvalue weighted by Crippen LogP contribution is 2.41. The number of ether oxygens (including phenoxy) is 2. The molecule has 0 saturated carbocycles. The molecule has 0 saturated heterocycles. The largest absolute Gasteiger partial charge is 0.463 e. The molecule has 1 aliphatic heterocycles. The van der Waals surface area contributed by atoms with Gasteiger partial charge in [0.25, 0.3) is 0 Å². The minimum absolute atomic E-state index is 0.164. The first-order valence-electron chi connectivity index (χ1n) is 12.3. The van der Waals surface area contributed by atoms with Gasteiger partial charge >= 0.3 is 18.1 Å². The van der Waals surface area contributed by atoms with Crippen LogP contribution in [0.1, 0.15) is 44.7 Å². The molecular weight excluding hydrogens is 529 g/mol. The molecule has 0 radical (unpaired) electrons. The summed E-state index contributed by atoms with van der Waals surface area (Å²) in [6, 6.07) is 12.3. The summed E-state index contributed by atoms with van der Waals surface area (Å²) in [7, 11) is 0. The monoisotopic (exact) mass is 556 g/mol. The average molecular weight is 557 g/mol. The molecule has 1 N–H and O–H groups in total. The number of thiazole rings is 1. The van der Waals surface area contributed by atoms with Gasteiger partial charge < -0.3 is 14.8 Å². The normalized spacial score (nSPS) is 14.3. The Balaban J connectivity index is 1.78. The fraction of sp³-hybridized carbons (Fsp3) is 0.276. The third-order valence-corrected chi connectivity index (χ3v) is 7.10. The molecule has 0 unspecified atom stereocenters. The molecule has 0 aliphatic carbocycles. The van der Waals surface area contributed by atoms with Gasteiger partial charge in [-0.2, -0.15) is 13.2 Å². The van der Waals surface area contributed by atoms with Crippen LogP contribution < -0.4 is 5.32 Å². The topological polar surface area (TPSA) is 77.5 Å². The molecule has 0 amide bonds. The lowest BCUT2D eigenvalue weighted by Gasteiger charge is -2.30. The van der Waals surface area contributed by atoms with Gasteiger partial charge in [-0.05, 0) is 51.5 Å². The van der Waals surface area contributed by atoms with E-state index in [2.05, 4.69) is 10.3 Å². The van der Waals surface area contributed by atoms with Crippen LogP contribution in [0.2, 0.25) is 0 Å². The highest BCUT2D eigenvalue weighted by Gasteiger charge is 2.38. The minimum atomic E-state index is -4.46. The zero-order chi connectivity index (χ0) is 28.3. The number of halogens is 3. The Morgan fingerprint density at radius 3 is 2.10 bits per heavy atom. The number of hydrogen-bond donors (Lipinski definition) is 1. The van der Waals surface area contributed by atoms with Crippen molar-refractivity contribution >= 4 is 23.3 Å². The van der Waals surface area contributed by atoms with Crippen molar-refractivity contribution in [2.75, 3.05) is 13.2 Å². The number of allylic oxidation sites excluding steroid dienone is 2. The summed E-state index contributed by atoms with van der Waals surface area (Å²) in [6.07, 6.45) is -4.46. The van der Waals surface area contributed by atoms with E-state index in [4.69, 9.17) is 9.47 Å². The van der Waals surface area contributed by atoms with Crippen LogP contribution in [0.25, 0.3) is 21.8 Å². The van der Waals surface area contributed by atoms with Crippen LogP contribution >= 0.6 is 11.3 Å². The van der Waals surface area contributed by atoms with Crippen molar-refractivity contribution in [2.24, 2.45) is 0 Å². The number of carbonyl (C=O) groups is 2. The highest BCUT2D eigenvalue weighted by atomic mass is 32.1. The van der Waals surface area contributed by atoms with Gasteiger partial charge in [0.05, 0.1) is 41.5 Å². The van der Waals surface area contributed by atoms with E-state index in [0.29, 0.717) is 49.9 Å². The summed E-state index contributed by atoms with van der Waals surface area (Å²) in [5.41, 5.74) is 3.09. The van der Waals surface area contributed by atoms with E-state index in [1.807, 2.05) is 12.1 Å². The maximum Gasteiger partial charge on any atom is 0.416 e. The van der Waals surface area contributed by atoms with Crippen molar-refractivity contribution in [1.82, 2.24) is 10.3 Å². The zero-order valence-corrected chi connectivity index (χ0v) is 22.6. The Morgan fingerprint density at radius 2 is 1.51 bits per heavy atom. The second-order valence-corrected chi connectivity index (χ2v) is 9.68. The number of dihydropyridines is 1. The van der Waals surface area contributed by atoms with Crippen molar-refractivity contribution in [2.45, 2.75) is 39.8 Å².